The van der Waals surface area contributed by atoms with Gasteiger partial charge in [-0.1, -0.05) is 37.3 Å². The van der Waals surface area contributed by atoms with E-state index < -0.39 is 5.72 Å². The van der Waals surface area contributed by atoms with Gasteiger partial charge in [-0.15, -0.1) is 0 Å². The van der Waals surface area contributed by atoms with Crippen LogP contribution in [0.4, 0.5) is 0 Å². The van der Waals surface area contributed by atoms with Crippen molar-refractivity contribution < 1.29 is 5.11 Å². The molecule has 0 saturated heterocycles. The molecule has 1 rings (SSSR count). The summed E-state index contributed by atoms with van der Waals surface area (Å²) in [6.07, 6.45) is 0.525. The van der Waals surface area contributed by atoms with Crippen LogP contribution in [-0.2, 0) is 5.72 Å². The van der Waals surface area contributed by atoms with E-state index in [9.17, 15) is 5.11 Å². The van der Waals surface area contributed by atoms with Crippen LogP contribution in [0.2, 0.25) is 0 Å². The predicted octanol–water partition coefficient (Wildman–Crippen LogP) is 1.20. The molecule has 0 fully saturated rings. The SMILES string of the molecule is CCC(N)(O)c1ccccc1. The second-order valence-corrected chi connectivity index (χ2v) is 2.64. The van der Waals surface area contributed by atoms with Crippen LogP contribution in [0, 0.1) is 0 Å². The normalized spacial score (nSPS) is 15.9. The maximum atomic E-state index is 9.57. The predicted molar refractivity (Wildman–Crippen MR) is 44.8 cm³/mol. The molecule has 60 valence electrons. The van der Waals surface area contributed by atoms with Crippen LogP contribution >= 0.6 is 0 Å². The summed E-state index contributed by atoms with van der Waals surface area (Å²) in [6.45, 7) is 1.85. The lowest BCUT2D eigenvalue weighted by molar-refractivity contribution is 0.0395. The van der Waals surface area contributed by atoms with Crippen LogP contribution in [0.3, 0.4) is 0 Å². The van der Waals surface area contributed by atoms with Crippen molar-refractivity contribution >= 4 is 0 Å². The van der Waals surface area contributed by atoms with E-state index in [-0.39, 0.29) is 0 Å². The average Bonchev–Trinajstić information content (AvgIpc) is 2.06. The van der Waals surface area contributed by atoms with E-state index in [2.05, 4.69) is 0 Å². The van der Waals surface area contributed by atoms with Gasteiger partial charge < -0.3 is 5.11 Å². The van der Waals surface area contributed by atoms with Crippen LogP contribution < -0.4 is 5.73 Å². The minimum Gasteiger partial charge on any atom is -0.372 e. The highest BCUT2D eigenvalue weighted by Crippen LogP contribution is 2.17. The first-order valence-electron chi connectivity index (χ1n) is 3.73. The topological polar surface area (TPSA) is 46.2 Å². The maximum Gasteiger partial charge on any atom is 0.139 e. The fourth-order valence-electron chi connectivity index (χ4n) is 0.931. The van der Waals surface area contributed by atoms with Gasteiger partial charge in [0.05, 0.1) is 0 Å². The fraction of sp³-hybridized carbons (Fsp3) is 0.333. The third-order valence-electron chi connectivity index (χ3n) is 1.81. The molecule has 11 heavy (non-hydrogen) atoms. The van der Waals surface area contributed by atoms with Crippen LogP contribution in [0.15, 0.2) is 30.3 Å². The summed E-state index contributed by atoms with van der Waals surface area (Å²) >= 11 is 0. The first-order valence-corrected chi connectivity index (χ1v) is 3.73. The molecule has 1 aromatic rings. The lowest BCUT2D eigenvalue weighted by Crippen LogP contribution is -2.35. The van der Waals surface area contributed by atoms with E-state index in [0.717, 1.165) is 5.56 Å². The minimum absolute atomic E-state index is 0.525. The Kier molecular flexibility index (Phi) is 2.27. The van der Waals surface area contributed by atoms with Crippen LogP contribution in [0.1, 0.15) is 18.9 Å². The van der Waals surface area contributed by atoms with Gasteiger partial charge in [-0.05, 0) is 12.0 Å². The van der Waals surface area contributed by atoms with Gasteiger partial charge >= 0.3 is 0 Å². The summed E-state index contributed by atoms with van der Waals surface area (Å²) < 4.78 is 0. The van der Waals surface area contributed by atoms with Gasteiger partial charge in [0.15, 0.2) is 0 Å². The number of rotatable bonds is 2. The van der Waals surface area contributed by atoms with Crippen LogP contribution in [0.5, 0.6) is 0 Å². The second-order valence-electron chi connectivity index (χ2n) is 2.64. The van der Waals surface area contributed by atoms with Crippen molar-refractivity contribution in [2.75, 3.05) is 0 Å². The molecule has 2 heteroatoms. The zero-order chi connectivity index (χ0) is 8.32. The molecule has 0 heterocycles. The lowest BCUT2D eigenvalue weighted by Gasteiger charge is -2.21. The highest BCUT2D eigenvalue weighted by molar-refractivity contribution is 5.20. The summed E-state index contributed by atoms with van der Waals surface area (Å²) in [5.74, 6) is 0. The van der Waals surface area contributed by atoms with Gasteiger partial charge in [0.1, 0.15) is 5.72 Å². The van der Waals surface area contributed by atoms with Gasteiger partial charge in [-0.2, -0.15) is 0 Å². The second kappa shape index (κ2) is 3.03. The monoisotopic (exact) mass is 151 g/mol. The summed E-state index contributed by atoms with van der Waals surface area (Å²) in [7, 11) is 0. The molecule has 1 aromatic carbocycles. The van der Waals surface area contributed by atoms with Crippen molar-refractivity contribution in [3.8, 4) is 0 Å². The zero-order valence-electron chi connectivity index (χ0n) is 6.62. The Morgan fingerprint density at radius 2 is 1.91 bits per heavy atom. The molecule has 0 spiro atoms. The van der Waals surface area contributed by atoms with Crippen molar-refractivity contribution in [1.82, 2.24) is 0 Å². The molecule has 1 atom stereocenters. The summed E-state index contributed by atoms with van der Waals surface area (Å²) in [4.78, 5) is 0. The Balaban J connectivity index is 2.93. The van der Waals surface area contributed by atoms with Crippen molar-refractivity contribution in [2.45, 2.75) is 19.1 Å². The molecule has 0 radical (unpaired) electrons. The number of hydrogen-bond acceptors (Lipinski definition) is 2. The van der Waals surface area contributed by atoms with E-state index in [1.165, 1.54) is 0 Å². The molecule has 0 amide bonds. The summed E-state index contributed by atoms with van der Waals surface area (Å²) in [6, 6.07) is 9.27. The molecular weight excluding hydrogens is 138 g/mol. The minimum atomic E-state index is -1.17. The van der Waals surface area contributed by atoms with Crippen LogP contribution in [-0.4, -0.2) is 5.11 Å². The van der Waals surface area contributed by atoms with Gasteiger partial charge in [-0.3, -0.25) is 5.73 Å². The largest absolute Gasteiger partial charge is 0.372 e. The quantitative estimate of drug-likeness (QED) is 0.624. The molecule has 0 aromatic heterocycles. The Bertz CT molecular complexity index is 218. The number of benzene rings is 1. The number of nitrogens with two attached hydrogens (primary N) is 1. The summed E-state index contributed by atoms with van der Waals surface area (Å²) in [5.41, 5.74) is 5.19. The molecule has 0 saturated carbocycles. The van der Waals surface area contributed by atoms with Gasteiger partial charge in [0.25, 0.3) is 0 Å². The van der Waals surface area contributed by atoms with Crippen LogP contribution in [0.25, 0.3) is 0 Å². The van der Waals surface area contributed by atoms with Crippen molar-refractivity contribution in [2.24, 2.45) is 5.73 Å². The molecular formula is C9H13NO. The number of hydrogen-bond donors (Lipinski definition) is 2. The molecule has 0 aliphatic carbocycles. The first-order chi connectivity index (χ1) is 5.17. The van der Waals surface area contributed by atoms with Gasteiger partial charge in [0.2, 0.25) is 0 Å². The average molecular weight is 151 g/mol. The molecule has 2 nitrogen and oxygen atoms in total. The molecule has 0 aliphatic heterocycles. The fourth-order valence-corrected chi connectivity index (χ4v) is 0.931. The van der Waals surface area contributed by atoms with Gasteiger partial charge in [-0.25, -0.2) is 0 Å². The number of aliphatic hydroxyl groups is 1. The third-order valence-corrected chi connectivity index (χ3v) is 1.81. The molecule has 0 aliphatic rings. The highest BCUT2D eigenvalue weighted by atomic mass is 16.3. The lowest BCUT2D eigenvalue weighted by atomic mass is 10.0. The van der Waals surface area contributed by atoms with E-state index in [0.29, 0.717) is 6.42 Å². The van der Waals surface area contributed by atoms with E-state index in [1.54, 1.807) is 0 Å². The van der Waals surface area contributed by atoms with E-state index >= 15 is 0 Å². The van der Waals surface area contributed by atoms with Crippen molar-refractivity contribution in [3.05, 3.63) is 35.9 Å². The van der Waals surface area contributed by atoms with E-state index in [1.807, 2.05) is 37.3 Å². The Morgan fingerprint density at radius 1 is 1.36 bits per heavy atom. The molecule has 3 N–H and O–H groups in total. The highest BCUT2D eigenvalue weighted by Gasteiger charge is 2.19. The smallest absolute Gasteiger partial charge is 0.139 e. The van der Waals surface area contributed by atoms with E-state index in [4.69, 9.17) is 5.73 Å². The van der Waals surface area contributed by atoms with Crippen molar-refractivity contribution in [1.29, 1.82) is 0 Å². The maximum absolute atomic E-state index is 9.57. The third kappa shape index (κ3) is 1.79. The molecule has 1 unspecified atom stereocenters. The standard InChI is InChI=1S/C9H13NO/c1-2-9(10,11)8-6-4-3-5-7-8/h3-7,11H,2,10H2,1H3. The Labute approximate surface area is 66.7 Å². The molecule has 0 bridgehead atoms. The Morgan fingerprint density at radius 3 is 2.36 bits per heavy atom. The first kappa shape index (κ1) is 8.24. The zero-order valence-corrected chi connectivity index (χ0v) is 6.62. The van der Waals surface area contributed by atoms with Crippen molar-refractivity contribution in [3.63, 3.8) is 0 Å². The van der Waals surface area contributed by atoms with Gasteiger partial charge in [0, 0.05) is 0 Å². The summed E-state index contributed by atoms with van der Waals surface area (Å²) in [5, 5.41) is 9.57. The Hall–Kier alpha value is -0.860.